The maximum Gasteiger partial charge on any atom is 0.164 e. The summed E-state index contributed by atoms with van der Waals surface area (Å²) in [6.45, 7) is 0. The predicted octanol–water partition coefficient (Wildman–Crippen LogP) is 12.7. The van der Waals surface area contributed by atoms with Crippen LogP contribution in [-0.4, -0.2) is 15.0 Å². The highest BCUT2D eigenvalue weighted by molar-refractivity contribution is 5.98. The average molecular weight is 716 g/mol. The molecule has 0 fully saturated rings. The Kier molecular flexibility index (Phi) is 7.36. The van der Waals surface area contributed by atoms with Gasteiger partial charge in [0.25, 0.3) is 0 Å². The minimum Gasteiger partial charge on any atom is -0.457 e. The molecule has 0 radical (unpaired) electrons. The second-order valence-corrected chi connectivity index (χ2v) is 14.3. The van der Waals surface area contributed by atoms with Crippen molar-refractivity contribution in [1.29, 1.82) is 0 Å². The lowest BCUT2D eigenvalue weighted by molar-refractivity contribution is 0.436. The Hall–Kier alpha value is -7.43. The molecule has 1 aliphatic heterocycles. The summed E-state index contributed by atoms with van der Waals surface area (Å²) in [5.41, 5.74) is 13.9. The molecule has 0 amide bonds. The van der Waals surface area contributed by atoms with E-state index < -0.39 is 5.41 Å². The van der Waals surface area contributed by atoms with Crippen LogP contribution in [0.4, 0.5) is 0 Å². The van der Waals surface area contributed by atoms with Gasteiger partial charge in [0.1, 0.15) is 11.5 Å². The molecule has 4 heteroatoms. The van der Waals surface area contributed by atoms with Gasteiger partial charge in [0, 0.05) is 27.8 Å². The van der Waals surface area contributed by atoms with Crippen molar-refractivity contribution in [2.24, 2.45) is 0 Å². The number of benzene rings is 8. The summed E-state index contributed by atoms with van der Waals surface area (Å²) in [6.07, 6.45) is 0. The summed E-state index contributed by atoms with van der Waals surface area (Å²) in [5.74, 6) is 3.63. The molecule has 11 rings (SSSR count). The number of nitrogens with zero attached hydrogens (tertiary/aromatic N) is 3. The lowest BCUT2D eigenvalue weighted by atomic mass is 9.66. The summed E-state index contributed by atoms with van der Waals surface area (Å²) in [6, 6.07) is 70.3. The van der Waals surface area contributed by atoms with Crippen LogP contribution < -0.4 is 4.74 Å². The van der Waals surface area contributed by atoms with E-state index in [2.05, 4.69) is 140 Å². The van der Waals surface area contributed by atoms with Crippen LogP contribution in [0.25, 0.3) is 67.5 Å². The zero-order valence-electron chi connectivity index (χ0n) is 30.3. The minimum absolute atomic E-state index is 0.613. The standard InChI is InChI=1S/C52H33N3O/c1-4-15-34(16-5-1)35-27-29-36(30-28-35)40-21-14-24-45-48(40)41-33-39(51-54-49(37-17-6-2-7-18-37)53-50(55-51)38-19-8-3-9-20-38)31-32-42(41)52(45)43-22-10-12-25-46(43)56-47-26-13-11-23-44(47)52/h1-33H. The normalized spacial score (nSPS) is 12.9. The average Bonchev–Trinajstić information content (AvgIpc) is 3.57. The van der Waals surface area contributed by atoms with Gasteiger partial charge in [0.05, 0.1) is 5.41 Å². The van der Waals surface area contributed by atoms with Crippen LogP contribution in [0.15, 0.2) is 200 Å². The number of hydrogen-bond acceptors (Lipinski definition) is 4. The van der Waals surface area contributed by atoms with Gasteiger partial charge >= 0.3 is 0 Å². The van der Waals surface area contributed by atoms with Gasteiger partial charge in [-0.25, -0.2) is 15.0 Å². The van der Waals surface area contributed by atoms with Crippen molar-refractivity contribution in [1.82, 2.24) is 15.0 Å². The Balaban J connectivity index is 1.18. The third kappa shape index (κ3) is 4.96. The smallest absolute Gasteiger partial charge is 0.164 e. The van der Waals surface area contributed by atoms with Crippen molar-refractivity contribution in [3.63, 3.8) is 0 Å². The fourth-order valence-corrected chi connectivity index (χ4v) is 8.74. The van der Waals surface area contributed by atoms with Crippen molar-refractivity contribution in [3.8, 4) is 79.0 Å². The van der Waals surface area contributed by atoms with Crippen LogP contribution in [0.1, 0.15) is 22.3 Å². The van der Waals surface area contributed by atoms with Gasteiger partial charge in [-0.05, 0) is 62.7 Å². The molecule has 1 spiro atoms. The van der Waals surface area contributed by atoms with Crippen molar-refractivity contribution in [2.75, 3.05) is 0 Å². The molecule has 0 bridgehead atoms. The number of hydrogen-bond donors (Lipinski definition) is 0. The molecule has 0 saturated heterocycles. The molecule has 8 aromatic carbocycles. The lowest BCUT2D eigenvalue weighted by Crippen LogP contribution is -2.32. The first kappa shape index (κ1) is 32.0. The van der Waals surface area contributed by atoms with Gasteiger partial charge in [-0.1, -0.05) is 182 Å². The van der Waals surface area contributed by atoms with E-state index in [1.807, 2.05) is 60.7 Å². The highest BCUT2D eigenvalue weighted by Gasteiger charge is 2.51. The van der Waals surface area contributed by atoms with Gasteiger partial charge in [-0.15, -0.1) is 0 Å². The molecule has 56 heavy (non-hydrogen) atoms. The second kappa shape index (κ2) is 12.9. The minimum atomic E-state index is -0.613. The molecule has 0 unspecified atom stereocenters. The van der Waals surface area contributed by atoms with Crippen LogP contribution in [0.3, 0.4) is 0 Å². The van der Waals surface area contributed by atoms with Crippen molar-refractivity contribution < 1.29 is 4.74 Å². The molecule has 4 nitrogen and oxygen atoms in total. The molecule has 1 aromatic heterocycles. The van der Waals surface area contributed by atoms with E-state index in [1.165, 1.54) is 33.4 Å². The maximum absolute atomic E-state index is 6.64. The number of para-hydroxylation sites is 2. The highest BCUT2D eigenvalue weighted by Crippen LogP contribution is 2.63. The molecule has 0 atom stereocenters. The van der Waals surface area contributed by atoms with Crippen LogP contribution in [0.5, 0.6) is 11.5 Å². The Morgan fingerprint density at radius 1 is 0.304 bits per heavy atom. The van der Waals surface area contributed by atoms with E-state index in [9.17, 15) is 0 Å². The van der Waals surface area contributed by atoms with E-state index in [0.717, 1.165) is 50.4 Å². The third-order valence-electron chi connectivity index (χ3n) is 11.2. The molecule has 0 N–H and O–H groups in total. The van der Waals surface area contributed by atoms with E-state index in [0.29, 0.717) is 17.5 Å². The van der Waals surface area contributed by atoms with E-state index in [1.54, 1.807) is 0 Å². The Labute approximate surface area is 325 Å². The van der Waals surface area contributed by atoms with E-state index in [4.69, 9.17) is 19.7 Å². The van der Waals surface area contributed by atoms with Gasteiger partial charge in [0.2, 0.25) is 0 Å². The number of aromatic nitrogens is 3. The van der Waals surface area contributed by atoms with E-state index in [-0.39, 0.29) is 0 Å². The zero-order valence-corrected chi connectivity index (χ0v) is 30.3. The van der Waals surface area contributed by atoms with Crippen molar-refractivity contribution in [2.45, 2.75) is 5.41 Å². The first-order valence-electron chi connectivity index (χ1n) is 18.9. The monoisotopic (exact) mass is 715 g/mol. The number of fused-ring (bicyclic) bond motifs is 9. The van der Waals surface area contributed by atoms with Gasteiger partial charge in [0.15, 0.2) is 17.5 Å². The summed E-state index contributed by atoms with van der Waals surface area (Å²) in [4.78, 5) is 15.2. The summed E-state index contributed by atoms with van der Waals surface area (Å²) in [7, 11) is 0. The maximum atomic E-state index is 6.64. The third-order valence-corrected chi connectivity index (χ3v) is 11.2. The first-order chi connectivity index (χ1) is 27.8. The fraction of sp³-hybridized carbons (Fsp3) is 0.0192. The summed E-state index contributed by atoms with van der Waals surface area (Å²) < 4.78 is 6.64. The van der Waals surface area contributed by atoms with Crippen molar-refractivity contribution >= 4 is 0 Å². The number of ether oxygens (including phenoxy) is 1. The second-order valence-electron chi connectivity index (χ2n) is 14.3. The van der Waals surface area contributed by atoms with Gasteiger partial charge < -0.3 is 4.74 Å². The SMILES string of the molecule is c1ccc(-c2ccc(-c3cccc4c3-c3cc(-c5nc(-c6ccccc6)nc(-c6ccccc6)n5)ccc3C43c4ccccc4Oc4ccccc43)cc2)cc1. The Morgan fingerprint density at radius 2 is 0.750 bits per heavy atom. The quantitative estimate of drug-likeness (QED) is 0.178. The lowest BCUT2D eigenvalue weighted by Gasteiger charge is -2.39. The molecular weight excluding hydrogens is 683 g/mol. The molecule has 2 heterocycles. The number of rotatable bonds is 5. The summed E-state index contributed by atoms with van der Waals surface area (Å²) in [5, 5.41) is 0. The van der Waals surface area contributed by atoms with Crippen LogP contribution in [0, 0.1) is 0 Å². The van der Waals surface area contributed by atoms with Gasteiger partial charge in [-0.3, -0.25) is 0 Å². The molecule has 2 aliphatic rings. The molecule has 262 valence electrons. The predicted molar refractivity (Wildman–Crippen MR) is 224 cm³/mol. The van der Waals surface area contributed by atoms with E-state index >= 15 is 0 Å². The Morgan fingerprint density at radius 3 is 1.34 bits per heavy atom. The molecular formula is C52H33N3O. The zero-order chi connectivity index (χ0) is 37.1. The largest absolute Gasteiger partial charge is 0.457 e. The van der Waals surface area contributed by atoms with Crippen molar-refractivity contribution in [3.05, 3.63) is 222 Å². The summed E-state index contributed by atoms with van der Waals surface area (Å²) >= 11 is 0. The molecule has 0 saturated carbocycles. The van der Waals surface area contributed by atoms with Crippen LogP contribution in [0.2, 0.25) is 0 Å². The topological polar surface area (TPSA) is 47.9 Å². The first-order valence-corrected chi connectivity index (χ1v) is 18.9. The fourth-order valence-electron chi connectivity index (χ4n) is 8.74. The van der Waals surface area contributed by atoms with Crippen LogP contribution >= 0.6 is 0 Å². The van der Waals surface area contributed by atoms with Crippen LogP contribution in [-0.2, 0) is 5.41 Å². The Bertz CT molecular complexity index is 2820. The molecule has 1 aliphatic carbocycles. The highest BCUT2D eigenvalue weighted by atomic mass is 16.5. The van der Waals surface area contributed by atoms with Gasteiger partial charge in [-0.2, -0.15) is 0 Å². The molecule has 9 aromatic rings.